The Kier molecular flexibility index (Phi) is 2.42. The minimum atomic E-state index is -0.165. The molecule has 1 aliphatic heterocycles. The number of anilines is 2. The Morgan fingerprint density at radius 3 is 2.50 bits per heavy atom. The first kappa shape index (κ1) is 10.7. The van der Waals surface area contributed by atoms with Gasteiger partial charge in [0.15, 0.2) is 5.78 Å². The Hall–Kier alpha value is -1.84. The Morgan fingerprint density at radius 1 is 1.25 bits per heavy atom. The Bertz CT molecular complexity index is 480. The molecule has 1 fully saturated rings. The maximum atomic E-state index is 11.6. The molecule has 2 N–H and O–H groups in total. The highest BCUT2D eigenvalue weighted by Crippen LogP contribution is 2.30. The molecule has 1 saturated heterocycles. The third kappa shape index (κ3) is 1.66. The van der Waals surface area contributed by atoms with Crippen LogP contribution in [-0.2, 0) is 9.59 Å². The number of aryl methyl sites for hydroxylation is 2. The number of hydrogen-bond acceptors (Lipinski definition) is 3. The molecule has 2 rings (SSSR count). The van der Waals surface area contributed by atoms with E-state index >= 15 is 0 Å². The van der Waals surface area contributed by atoms with Crippen LogP contribution in [0.25, 0.3) is 0 Å². The molecular formula is C12H14N2O2. The minimum Gasteiger partial charge on any atom is -0.397 e. The number of Topliss-reactive ketones (excluding diaryl/α,β-unsaturated/α-hetero) is 1. The van der Waals surface area contributed by atoms with Gasteiger partial charge in [-0.3, -0.25) is 9.59 Å². The van der Waals surface area contributed by atoms with E-state index in [-0.39, 0.29) is 24.7 Å². The zero-order valence-corrected chi connectivity index (χ0v) is 9.41. The fraction of sp³-hybridized carbons (Fsp3) is 0.333. The molecule has 1 amide bonds. The largest absolute Gasteiger partial charge is 0.397 e. The SMILES string of the molecule is Cc1cc(C)c(N)c(N2CC(=O)CC2=O)c1. The fourth-order valence-electron chi connectivity index (χ4n) is 1.98. The average molecular weight is 218 g/mol. The van der Waals surface area contributed by atoms with Gasteiger partial charge in [0.05, 0.1) is 24.3 Å². The molecule has 0 atom stereocenters. The molecule has 1 heterocycles. The normalized spacial score (nSPS) is 16.0. The Morgan fingerprint density at radius 2 is 1.94 bits per heavy atom. The molecule has 4 heteroatoms. The number of hydrogen-bond donors (Lipinski definition) is 1. The minimum absolute atomic E-state index is 0.00751. The summed E-state index contributed by atoms with van der Waals surface area (Å²) in [5.74, 6) is -0.217. The van der Waals surface area contributed by atoms with Gasteiger partial charge >= 0.3 is 0 Å². The predicted molar refractivity (Wildman–Crippen MR) is 62.3 cm³/mol. The monoisotopic (exact) mass is 218 g/mol. The molecule has 0 bridgehead atoms. The molecule has 1 aromatic rings. The van der Waals surface area contributed by atoms with Crippen LogP contribution in [0.5, 0.6) is 0 Å². The number of rotatable bonds is 1. The zero-order chi connectivity index (χ0) is 11.9. The number of amides is 1. The predicted octanol–water partition coefficient (Wildman–Crippen LogP) is 1.19. The lowest BCUT2D eigenvalue weighted by Gasteiger charge is -2.19. The van der Waals surface area contributed by atoms with E-state index in [1.165, 1.54) is 4.90 Å². The van der Waals surface area contributed by atoms with Crippen molar-refractivity contribution in [3.8, 4) is 0 Å². The standard InChI is InChI=1S/C12H14N2O2/c1-7-3-8(2)12(13)10(4-7)14-6-9(15)5-11(14)16/h3-4H,5-6,13H2,1-2H3. The molecule has 0 spiro atoms. The average Bonchev–Trinajstić information content (AvgIpc) is 2.51. The van der Waals surface area contributed by atoms with E-state index in [0.29, 0.717) is 11.4 Å². The van der Waals surface area contributed by atoms with Crippen LogP contribution in [0.2, 0.25) is 0 Å². The Labute approximate surface area is 94.0 Å². The molecule has 4 nitrogen and oxygen atoms in total. The summed E-state index contributed by atoms with van der Waals surface area (Å²) in [6, 6.07) is 3.81. The van der Waals surface area contributed by atoms with Crippen molar-refractivity contribution in [1.82, 2.24) is 0 Å². The van der Waals surface area contributed by atoms with Crippen molar-refractivity contribution in [2.24, 2.45) is 0 Å². The van der Waals surface area contributed by atoms with Crippen molar-refractivity contribution in [3.63, 3.8) is 0 Å². The number of nitrogen functional groups attached to an aromatic ring is 1. The molecule has 1 aromatic carbocycles. The lowest BCUT2D eigenvalue weighted by Crippen LogP contribution is -2.25. The van der Waals surface area contributed by atoms with E-state index in [2.05, 4.69) is 0 Å². The second kappa shape index (κ2) is 3.63. The van der Waals surface area contributed by atoms with Crippen LogP contribution in [0.15, 0.2) is 12.1 Å². The molecule has 84 valence electrons. The van der Waals surface area contributed by atoms with Crippen LogP contribution >= 0.6 is 0 Å². The van der Waals surface area contributed by atoms with E-state index in [4.69, 9.17) is 5.73 Å². The van der Waals surface area contributed by atoms with Crippen molar-refractivity contribution in [2.75, 3.05) is 17.2 Å². The first-order valence-electron chi connectivity index (χ1n) is 5.18. The highest BCUT2D eigenvalue weighted by atomic mass is 16.2. The lowest BCUT2D eigenvalue weighted by atomic mass is 10.1. The smallest absolute Gasteiger partial charge is 0.234 e. The van der Waals surface area contributed by atoms with Crippen LogP contribution in [0.1, 0.15) is 17.5 Å². The number of nitrogens with zero attached hydrogens (tertiary/aromatic N) is 1. The summed E-state index contributed by atoms with van der Waals surface area (Å²) in [5.41, 5.74) is 9.14. The summed E-state index contributed by atoms with van der Waals surface area (Å²) in [5, 5.41) is 0. The van der Waals surface area contributed by atoms with Crippen LogP contribution in [0, 0.1) is 13.8 Å². The molecule has 0 aliphatic carbocycles. The highest BCUT2D eigenvalue weighted by molar-refractivity contribution is 6.16. The molecule has 0 radical (unpaired) electrons. The van der Waals surface area contributed by atoms with Gasteiger partial charge < -0.3 is 10.6 Å². The summed E-state index contributed by atoms with van der Waals surface area (Å²) >= 11 is 0. The summed E-state index contributed by atoms with van der Waals surface area (Å²) in [7, 11) is 0. The molecule has 0 aromatic heterocycles. The molecule has 16 heavy (non-hydrogen) atoms. The van der Waals surface area contributed by atoms with E-state index in [1.54, 1.807) is 0 Å². The molecule has 0 saturated carbocycles. The number of carbonyl (C=O) groups is 2. The number of nitrogens with two attached hydrogens (primary N) is 1. The van der Waals surface area contributed by atoms with Gasteiger partial charge in [-0.25, -0.2) is 0 Å². The van der Waals surface area contributed by atoms with E-state index in [9.17, 15) is 9.59 Å². The van der Waals surface area contributed by atoms with Crippen LogP contribution in [0.4, 0.5) is 11.4 Å². The first-order valence-corrected chi connectivity index (χ1v) is 5.18. The van der Waals surface area contributed by atoms with Crippen LogP contribution < -0.4 is 10.6 Å². The van der Waals surface area contributed by atoms with Gasteiger partial charge in [0, 0.05) is 0 Å². The van der Waals surface area contributed by atoms with E-state index in [0.717, 1.165) is 11.1 Å². The van der Waals surface area contributed by atoms with Crippen LogP contribution in [-0.4, -0.2) is 18.2 Å². The van der Waals surface area contributed by atoms with Crippen molar-refractivity contribution >= 4 is 23.1 Å². The fourth-order valence-corrected chi connectivity index (χ4v) is 1.98. The molecule has 1 aliphatic rings. The number of carbonyl (C=O) groups excluding carboxylic acids is 2. The maximum Gasteiger partial charge on any atom is 0.234 e. The Balaban J connectivity index is 2.48. The quantitative estimate of drug-likeness (QED) is 0.569. The second-order valence-electron chi connectivity index (χ2n) is 4.21. The summed E-state index contributed by atoms with van der Waals surface area (Å²) in [4.78, 5) is 24.3. The van der Waals surface area contributed by atoms with Crippen molar-refractivity contribution in [3.05, 3.63) is 23.3 Å². The first-order chi connectivity index (χ1) is 7.49. The van der Waals surface area contributed by atoms with Gasteiger partial charge in [0.2, 0.25) is 5.91 Å². The molecule has 0 unspecified atom stereocenters. The number of ketones is 1. The van der Waals surface area contributed by atoms with Gasteiger partial charge in [-0.05, 0) is 31.0 Å². The maximum absolute atomic E-state index is 11.6. The third-order valence-electron chi connectivity index (χ3n) is 2.78. The highest BCUT2D eigenvalue weighted by Gasteiger charge is 2.30. The van der Waals surface area contributed by atoms with Gasteiger partial charge in [-0.1, -0.05) is 6.07 Å². The zero-order valence-electron chi connectivity index (χ0n) is 9.41. The van der Waals surface area contributed by atoms with E-state index in [1.807, 2.05) is 26.0 Å². The van der Waals surface area contributed by atoms with Crippen molar-refractivity contribution in [1.29, 1.82) is 0 Å². The van der Waals surface area contributed by atoms with Gasteiger partial charge in [0.1, 0.15) is 0 Å². The second-order valence-corrected chi connectivity index (χ2v) is 4.21. The van der Waals surface area contributed by atoms with Gasteiger partial charge in [0.25, 0.3) is 0 Å². The van der Waals surface area contributed by atoms with Gasteiger partial charge in [-0.2, -0.15) is 0 Å². The van der Waals surface area contributed by atoms with E-state index < -0.39 is 0 Å². The topological polar surface area (TPSA) is 63.4 Å². The van der Waals surface area contributed by atoms with Gasteiger partial charge in [-0.15, -0.1) is 0 Å². The molecular weight excluding hydrogens is 204 g/mol. The van der Waals surface area contributed by atoms with Crippen molar-refractivity contribution in [2.45, 2.75) is 20.3 Å². The third-order valence-corrected chi connectivity index (χ3v) is 2.78. The summed E-state index contributed by atoms with van der Waals surface area (Å²) in [6.45, 7) is 3.98. The summed E-state index contributed by atoms with van der Waals surface area (Å²) < 4.78 is 0. The van der Waals surface area contributed by atoms with Crippen LogP contribution in [0.3, 0.4) is 0 Å². The lowest BCUT2D eigenvalue weighted by molar-refractivity contribution is -0.121. The number of benzene rings is 1. The van der Waals surface area contributed by atoms with Crippen molar-refractivity contribution < 1.29 is 9.59 Å². The summed E-state index contributed by atoms with van der Waals surface area (Å²) in [6.07, 6.45) is -0.00751.